The molecule has 0 saturated heterocycles. The molecule has 0 amide bonds. The van der Waals surface area contributed by atoms with E-state index in [1.54, 1.807) is 0 Å². The van der Waals surface area contributed by atoms with Crippen molar-refractivity contribution in [1.82, 2.24) is 18.3 Å². The van der Waals surface area contributed by atoms with Gasteiger partial charge in [-0.05, 0) is 113 Å². The maximum atomic E-state index is 12.7. The Hall–Kier alpha value is -10.8. The van der Waals surface area contributed by atoms with E-state index < -0.39 is 0 Å². The minimum Gasteiger partial charge on any atom is -0.456 e. The van der Waals surface area contributed by atoms with E-state index in [1.165, 1.54) is 0 Å². The average Bonchev–Trinajstić information content (AvgIpc) is 4.45. The molecule has 0 aliphatic rings. The van der Waals surface area contributed by atoms with Crippen LogP contribution in [0.25, 0.3) is 154 Å². The van der Waals surface area contributed by atoms with Crippen LogP contribution in [0.2, 0.25) is 0 Å². The number of benzene rings is 11. The fourth-order valence-electron chi connectivity index (χ4n) is 13.6. The molecule has 0 aliphatic heterocycles. The molecule has 0 aliphatic carbocycles. The summed E-state index contributed by atoms with van der Waals surface area (Å²) in [4.78, 5) is 0. The van der Waals surface area contributed by atoms with E-state index >= 15 is 0 Å². The third-order valence-corrected chi connectivity index (χ3v) is 17.0. The van der Waals surface area contributed by atoms with E-state index in [-0.39, 0.29) is 0 Å². The van der Waals surface area contributed by atoms with Gasteiger partial charge in [0.1, 0.15) is 45.6 Å². The molecule has 6 heterocycles. The minimum atomic E-state index is 0.335. The molecule has 374 valence electrons. The second-order valence-electron chi connectivity index (χ2n) is 21.8. The molecule has 11 aromatic carbocycles. The monoisotopic (exact) mass is 1020 g/mol. The largest absolute Gasteiger partial charge is 0.456 e. The lowest BCUT2D eigenvalue weighted by Crippen LogP contribution is -2.17. The van der Waals surface area contributed by atoms with Crippen LogP contribution < -0.4 is 0 Å². The molecule has 0 atom stereocenters. The summed E-state index contributed by atoms with van der Waals surface area (Å²) in [5, 5.41) is 37.7. The van der Waals surface area contributed by atoms with E-state index in [0.717, 1.165) is 153 Å². The Morgan fingerprint density at radius 1 is 0.263 bits per heavy atom. The van der Waals surface area contributed by atoms with E-state index in [0.29, 0.717) is 33.9 Å². The molecule has 0 N–H and O–H groups in total. The summed E-state index contributed by atoms with van der Waals surface area (Å²) >= 11 is 0. The van der Waals surface area contributed by atoms with Gasteiger partial charge in [0.25, 0.3) is 0 Å². The molecule has 80 heavy (non-hydrogen) atoms. The van der Waals surface area contributed by atoms with Crippen molar-refractivity contribution < 1.29 is 8.83 Å². The molecule has 8 heteroatoms. The fraction of sp³-hybridized carbons (Fsp3) is 0.0556. The molecular formula is C72H44N6O2. The van der Waals surface area contributed by atoms with Gasteiger partial charge in [-0.25, -0.2) is 0 Å². The summed E-state index contributed by atoms with van der Waals surface area (Å²) in [6, 6.07) is 74.2. The zero-order chi connectivity index (χ0) is 53.4. The van der Waals surface area contributed by atoms with Crippen LogP contribution in [0.15, 0.2) is 203 Å². The Kier molecular flexibility index (Phi) is 8.81. The predicted molar refractivity (Wildman–Crippen MR) is 327 cm³/mol. The molecule has 17 aromatic rings. The summed E-state index contributed by atoms with van der Waals surface area (Å²) in [6.07, 6.45) is 0. The number of para-hydroxylation sites is 4. The molecule has 8 nitrogen and oxygen atoms in total. The van der Waals surface area contributed by atoms with Crippen LogP contribution in [-0.2, 0) is 0 Å². The molecule has 6 aromatic heterocycles. The molecule has 0 bridgehead atoms. The third kappa shape index (κ3) is 5.81. The zero-order valence-electron chi connectivity index (χ0n) is 44.0. The predicted octanol–water partition coefficient (Wildman–Crippen LogP) is 18.9. The van der Waals surface area contributed by atoms with Crippen molar-refractivity contribution in [2.75, 3.05) is 0 Å². The van der Waals surface area contributed by atoms with Crippen LogP contribution in [0.5, 0.6) is 0 Å². The number of furan rings is 2. The quantitative estimate of drug-likeness (QED) is 0.175. The molecule has 0 saturated carbocycles. The first-order chi connectivity index (χ1) is 39.2. The number of aromatic nitrogens is 4. The summed E-state index contributed by atoms with van der Waals surface area (Å²) in [7, 11) is 0. The maximum absolute atomic E-state index is 12.7. The second kappa shape index (κ2) is 15.9. The number of hydrogen-bond donors (Lipinski definition) is 0. The molecule has 0 radical (unpaired) electrons. The minimum absolute atomic E-state index is 0.335. The Morgan fingerprint density at radius 2 is 0.575 bits per heavy atom. The fourth-order valence-corrected chi connectivity index (χ4v) is 13.6. The first-order valence-corrected chi connectivity index (χ1v) is 27.0. The van der Waals surface area contributed by atoms with Crippen molar-refractivity contribution in [3.8, 4) is 34.9 Å². The van der Waals surface area contributed by atoms with Gasteiger partial charge in [-0.2, -0.15) is 10.5 Å². The Bertz CT molecular complexity index is 5410. The number of nitriles is 2. The number of fused-ring (bicyclic) bond motifs is 18. The number of rotatable bonds is 4. The molecule has 0 unspecified atom stereocenters. The van der Waals surface area contributed by atoms with Gasteiger partial charge in [-0.15, -0.1) is 0 Å². The van der Waals surface area contributed by atoms with Gasteiger partial charge >= 0.3 is 0 Å². The zero-order valence-corrected chi connectivity index (χ0v) is 44.0. The average molecular weight is 1030 g/mol. The first-order valence-electron chi connectivity index (χ1n) is 27.0. The Morgan fingerprint density at radius 3 is 0.963 bits per heavy atom. The van der Waals surface area contributed by atoms with E-state index in [4.69, 9.17) is 8.83 Å². The highest BCUT2D eigenvalue weighted by Gasteiger charge is 2.35. The van der Waals surface area contributed by atoms with Crippen molar-refractivity contribution >= 4 is 131 Å². The van der Waals surface area contributed by atoms with Crippen molar-refractivity contribution in [3.63, 3.8) is 0 Å². The lowest BCUT2D eigenvalue weighted by atomic mass is 9.98. The van der Waals surface area contributed by atoms with Crippen LogP contribution in [-0.4, -0.2) is 18.3 Å². The standard InChI is InChI=1S/C72H44N6O2/c1-39-21-25-59-47(29-39)48-30-40(2)22-26-60(48)75(59)69-55(37-73)70(77-57-17-9-5-13-43(57)51-33-53-45-15-7-11-19-65(45)79-67(53)35-63(51)77)72(76-61-27-23-41(3)31-49(61)50-32-42(4)24-28-62(50)76)71(56(69)38-74)78-58-18-10-6-14-44(58)52-34-54-46-16-8-12-20-66(46)80-68(54)36-64(52)78/h5-36H,1-4H3. The van der Waals surface area contributed by atoms with E-state index in [2.05, 4.69) is 228 Å². The van der Waals surface area contributed by atoms with Crippen molar-refractivity contribution in [1.29, 1.82) is 10.5 Å². The van der Waals surface area contributed by atoms with Gasteiger partial charge < -0.3 is 27.1 Å². The second-order valence-corrected chi connectivity index (χ2v) is 21.8. The lowest BCUT2D eigenvalue weighted by molar-refractivity contribution is 0.669. The van der Waals surface area contributed by atoms with E-state index in [9.17, 15) is 10.5 Å². The summed E-state index contributed by atoms with van der Waals surface area (Å²) in [6.45, 7) is 8.49. The van der Waals surface area contributed by atoms with Gasteiger partial charge in [0.05, 0.1) is 66.9 Å². The van der Waals surface area contributed by atoms with Gasteiger partial charge in [-0.1, -0.05) is 119 Å². The SMILES string of the molecule is Cc1ccc2c(c1)c1cc(C)ccc1n2-c1c(C#N)c(-n2c3ccccc3c3cc4c(cc32)oc2ccccc24)c(-n2c3ccc(C)cc3c3cc(C)ccc32)c(-n2c3ccccc3c3cc4c(cc32)oc2ccccc24)c1C#N. The number of nitrogens with zero attached hydrogens (tertiary/aromatic N) is 6. The molecular weight excluding hydrogens is 981 g/mol. The van der Waals surface area contributed by atoms with Crippen LogP contribution in [0.3, 0.4) is 0 Å². The maximum Gasteiger partial charge on any atom is 0.137 e. The van der Waals surface area contributed by atoms with Crippen LogP contribution in [0.1, 0.15) is 33.4 Å². The Labute approximate surface area is 456 Å². The van der Waals surface area contributed by atoms with Gasteiger partial charge in [0.15, 0.2) is 0 Å². The van der Waals surface area contributed by atoms with Crippen molar-refractivity contribution in [2.24, 2.45) is 0 Å². The van der Waals surface area contributed by atoms with Crippen LogP contribution >= 0.6 is 0 Å². The summed E-state index contributed by atoms with van der Waals surface area (Å²) in [5.74, 6) is 0. The third-order valence-electron chi connectivity index (χ3n) is 17.0. The topological polar surface area (TPSA) is 93.6 Å². The number of hydrogen-bond acceptors (Lipinski definition) is 4. The molecule has 17 rings (SSSR count). The highest BCUT2D eigenvalue weighted by Crippen LogP contribution is 2.50. The van der Waals surface area contributed by atoms with Crippen molar-refractivity contribution in [2.45, 2.75) is 27.7 Å². The molecule has 0 spiro atoms. The van der Waals surface area contributed by atoms with Crippen LogP contribution in [0.4, 0.5) is 0 Å². The Balaban J connectivity index is 1.19. The molecule has 0 fully saturated rings. The number of aryl methyl sites for hydroxylation is 4. The van der Waals surface area contributed by atoms with Gasteiger partial charge in [0, 0.05) is 76.8 Å². The smallest absolute Gasteiger partial charge is 0.137 e. The normalized spacial score (nSPS) is 12.2. The lowest BCUT2D eigenvalue weighted by Gasteiger charge is -2.27. The summed E-state index contributed by atoms with van der Waals surface area (Å²) < 4.78 is 22.6. The van der Waals surface area contributed by atoms with Crippen molar-refractivity contribution in [3.05, 3.63) is 228 Å². The highest BCUT2D eigenvalue weighted by atomic mass is 16.3. The first kappa shape index (κ1) is 44.3. The van der Waals surface area contributed by atoms with Gasteiger partial charge in [-0.3, -0.25) is 0 Å². The van der Waals surface area contributed by atoms with E-state index in [1.807, 2.05) is 24.3 Å². The van der Waals surface area contributed by atoms with Crippen LogP contribution in [0, 0.1) is 50.4 Å². The van der Waals surface area contributed by atoms with Gasteiger partial charge in [0.2, 0.25) is 0 Å². The summed E-state index contributed by atoms with van der Waals surface area (Å²) in [5.41, 5.74) is 17.7. The highest BCUT2D eigenvalue weighted by molar-refractivity contribution is 6.21.